The first-order chi connectivity index (χ1) is 8.50. The summed E-state index contributed by atoms with van der Waals surface area (Å²) in [5.41, 5.74) is 6.63. The van der Waals surface area contributed by atoms with Gasteiger partial charge >= 0.3 is 0 Å². The molecule has 2 aromatic rings. The van der Waals surface area contributed by atoms with Crippen LogP contribution in [0, 0.1) is 12.7 Å². The molecule has 1 amide bonds. The molecule has 0 spiro atoms. The van der Waals surface area contributed by atoms with Crippen LogP contribution in [0.3, 0.4) is 0 Å². The SMILES string of the molecule is Cc1nn(C)c(NC(=O)c2ccncc2F)c1N. The van der Waals surface area contributed by atoms with Crippen molar-refractivity contribution in [3.8, 4) is 0 Å². The Balaban J connectivity index is 2.30. The van der Waals surface area contributed by atoms with E-state index in [1.54, 1.807) is 14.0 Å². The van der Waals surface area contributed by atoms with Gasteiger partial charge < -0.3 is 11.1 Å². The van der Waals surface area contributed by atoms with Crippen LogP contribution in [0.15, 0.2) is 18.5 Å². The highest BCUT2D eigenvalue weighted by Gasteiger charge is 2.16. The number of rotatable bonds is 2. The topological polar surface area (TPSA) is 85.8 Å². The summed E-state index contributed by atoms with van der Waals surface area (Å²) in [6.45, 7) is 1.72. The largest absolute Gasteiger partial charge is 0.394 e. The van der Waals surface area contributed by atoms with Gasteiger partial charge in [0.15, 0.2) is 11.6 Å². The number of nitrogens with two attached hydrogens (primary N) is 1. The van der Waals surface area contributed by atoms with Gasteiger partial charge in [0.05, 0.1) is 23.1 Å². The summed E-state index contributed by atoms with van der Waals surface area (Å²) >= 11 is 0. The molecule has 0 fully saturated rings. The van der Waals surface area contributed by atoms with Gasteiger partial charge in [0.2, 0.25) is 0 Å². The van der Waals surface area contributed by atoms with Gasteiger partial charge in [-0.25, -0.2) is 4.39 Å². The lowest BCUT2D eigenvalue weighted by molar-refractivity contribution is 0.102. The van der Waals surface area contributed by atoms with E-state index in [0.29, 0.717) is 17.2 Å². The maximum absolute atomic E-state index is 13.4. The molecular formula is C11H12FN5O. The van der Waals surface area contributed by atoms with E-state index in [4.69, 9.17) is 5.73 Å². The first-order valence-electron chi connectivity index (χ1n) is 5.20. The minimum atomic E-state index is -0.688. The molecule has 6 nitrogen and oxygen atoms in total. The number of carbonyl (C=O) groups excluding carboxylic acids is 1. The van der Waals surface area contributed by atoms with Gasteiger partial charge in [-0.1, -0.05) is 0 Å². The van der Waals surface area contributed by atoms with E-state index in [1.807, 2.05) is 0 Å². The van der Waals surface area contributed by atoms with Crippen molar-refractivity contribution in [3.63, 3.8) is 0 Å². The molecule has 0 aliphatic heterocycles. The minimum Gasteiger partial charge on any atom is -0.394 e. The van der Waals surface area contributed by atoms with Crippen molar-refractivity contribution in [3.05, 3.63) is 35.5 Å². The molecule has 2 heterocycles. The lowest BCUT2D eigenvalue weighted by atomic mass is 10.2. The number of halogens is 1. The van der Waals surface area contributed by atoms with Crippen LogP contribution in [0.1, 0.15) is 16.1 Å². The molecule has 0 bridgehead atoms. The van der Waals surface area contributed by atoms with E-state index in [2.05, 4.69) is 15.4 Å². The van der Waals surface area contributed by atoms with Crippen LogP contribution in [0.25, 0.3) is 0 Å². The zero-order valence-electron chi connectivity index (χ0n) is 9.94. The van der Waals surface area contributed by atoms with E-state index in [9.17, 15) is 9.18 Å². The van der Waals surface area contributed by atoms with Gasteiger partial charge in [0.25, 0.3) is 5.91 Å². The van der Waals surface area contributed by atoms with E-state index < -0.39 is 11.7 Å². The Morgan fingerprint density at radius 3 is 2.83 bits per heavy atom. The number of hydrogen-bond acceptors (Lipinski definition) is 4. The molecule has 0 aliphatic carbocycles. The molecule has 0 unspecified atom stereocenters. The van der Waals surface area contributed by atoms with Crippen molar-refractivity contribution in [1.82, 2.24) is 14.8 Å². The Labute approximate surface area is 103 Å². The normalized spacial score (nSPS) is 10.4. The summed E-state index contributed by atoms with van der Waals surface area (Å²) in [7, 11) is 1.64. The third-order valence-electron chi connectivity index (χ3n) is 2.52. The van der Waals surface area contributed by atoms with Crippen molar-refractivity contribution in [2.45, 2.75) is 6.92 Å². The molecule has 7 heteroatoms. The number of aromatic nitrogens is 3. The van der Waals surface area contributed by atoms with Crippen molar-refractivity contribution in [2.75, 3.05) is 11.1 Å². The summed E-state index contributed by atoms with van der Waals surface area (Å²) in [6.07, 6.45) is 2.32. The summed E-state index contributed by atoms with van der Waals surface area (Å²) in [5.74, 6) is -0.939. The maximum Gasteiger partial charge on any atom is 0.259 e. The third-order valence-corrected chi connectivity index (χ3v) is 2.52. The third kappa shape index (κ3) is 2.02. The highest BCUT2D eigenvalue weighted by Crippen LogP contribution is 2.21. The number of nitrogen functional groups attached to an aromatic ring is 1. The molecule has 18 heavy (non-hydrogen) atoms. The van der Waals surface area contributed by atoms with Crippen molar-refractivity contribution in [1.29, 1.82) is 0 Å². The van der Waals surface area contributed by atoms with Crippen molar-refractivity contribution < 1.29 is 9.18 Å². The second kappa shape index (κ2) is 4.44. The van der Waals surface area contributed by atoms with Crippen LogP contribution in [0.2, 0.25) is 0 Å². The molecule has 2 rings (SSSR count). The van der Waals surface area contributed by atoms with Crippen molar-refractivity contribution in [2.24, 2.45) is 7.05 Å². The van der Waals surface area contributed by atoms with Gasteiger partial charge in [-0.15, -0.1) is 0 Å². The Kier molecular flexibility index (Phi) is 2.97. The molecule has 0 aromatic carbocycles. The highest BCUT2D eigenvalue weighted by atomic mass is 19.1. The Bertz CT molecular complexity index is 607. The summed E-state index contributed by atoms with van der Waals surface area (Å²) < 4.78 is 14.8. The van der Waals surface area contributed by atoms with E-state index >= 15 is 0 Å². The van der Waals surface area contributed by atoms with Crippen LogP contribution in [-0.4, -0.2) is 20.7 Å². The molecule has 0 saturated heterocycles. The predicted molar refractivity (Wildman–Crippen MR) is 64.5 cm³/mol. The lowest BCUT2D eigenvalue weighted by Crippen LogP contribution is -2.17. The van der Waals surface area contributed by atoms with Crippen LogP contribution in [0.5, 0.6) is 0 Å². The number of pyridine rings is 1. The number of anilines is 2. The van der Waals surface area contributed by atoms with Gasteiger partial charge in [-0.3, -0.25) is 14.5 Å². The molecule has 3 N–H and O–H groups in total. The van der Waals surface area contributed by atoms with Crippen LogP contribution >= 0.6 is 0 Å². The number of aryl methyl sites for hydroxylation is 2. The van der Waals surface area contributed by atoms with Crippen LogP contribution in [-0.2, 0) is 7.05 Å². The summed E-state index contributed by atoms with van der Waals surface area (Å²) in [6, 6.07) is 1.30. The summed E-state index contributed by atoms with van der Waals surface area (Å²) in [4.78, 5) is 15.4. The molecule has 0 radical (unpaired) electrons. The Hall–Kier alpha value is -2.44. The van der Waals surface area contributed by atoms with Crippen LogP contribution in [0.4, 0.5) is 15.9 Å². The monoisotopic (exact) mass is 249 g/mol. The average Bonchev–Trinajstić information content (AvgIpc) is 2.56. The zero-order valence-corrected chi connectivity index (χ0v) is 9.94. The second-order valence-electron chi connectivity index (χ2n) is 3.78. The van der Waals surface area contributed by atoms with E-state index in [-0.39, 0.29) is 5.56 Å². The number of amides is 1. The lowest BCUT2D eigenvalue weighted by Gasteiger charge is -2.06. The molecule has 0 saturated carbocycles. The second-order valence-corrected chi connectivity index (χ2v) is 3.78. The number of carbonyl (C=O) groups is 1. The quantitative estimate of drug-likeness (QED) is 0.834. The van der Waals surface area contributed by atoms with Gasteiger partial charge in [0.1, 0.15) is 0 Å². The zero-order chi connectivity index (χ0) is 13.3. The van der Waals surface area contributed by atoms with Gasteiger partial charge in [0, 0.05) is 13.2 Å². The van der Waals surface area contributed by atoms with Gasteiger partial charge in [-0.05, 0) is 13.0 Å². The minimum absolute atomic E-state index is 0.0942. The smallest absolute Gasteiger partial charge is 0.259 e. The first kappa shape index (κ1) is 12.0. The Morgan fingerprint density at radius 2 is 2.28 bits per heavy atom. The molecule has 0 atom stereocenters. The predicted octanol–water partition coefficient (Wildman–Crippen LogP) is 1.10. The fourth-order valence-electron chi connectivity index (χ4n) is 1.56. The molecule has 94 valence electrons. The molecular weight excluding hydrogens is 237 g/mol. The van der Waals surface area contributed by atoms with E-state index in [1.165, 1.54) is 16.9 Å². The Morgan fingerprint density at radius 1 is 1.56 bits per heavy atom. The van der Waals surface area contributed by atoms with Gasteiger partial charge in [-0.2, -0.15) is 5.10 Å². The first-order valence-corrected chi connectivity index (χ1v) is 5.20. The maximum atomic E-state index is 13.4. The average molecular weight is 249 g/mol. The highest BCUT2D eigenvalue weighted by molar-refractivity contribution is 6.05. The summed E-state index contributed by atoms with van der Waals surface area (Å²) in [5, 5.41) is 6.58. The van der Waals surface area contributed by atoms with E-state index in [0.717, 1.165) is 6.20 Å². The molecule has 0 aliphatic rings. The number of nitrogens with one attached hydrogen (secondary N) is 1. The fourth-order valence-corrected chi connectivity index (χ4v) is 1.56. The standard InChI is InChI=1S/C11H12FN5O/c1-6-9(13)10(17(2)16-6)15-11(18)7-3-4-14-5-8(7)12/h3-5H,13H2,1-2H3,(H,15,18). The van der Waals surface area contributed by atoms with Crippen LogP contribution < -0.4 is 11.1 Å². The fraction of sp³-hybridized carbons (Fsp3) is 0.182. The van der Waals surface area contributed by atoms with Crippen molar-refractivity contribution >= 4 is 17.4 Å². The molecule has 2 aromatic heterocycles. The number of nitrogens with zero attached hydrogens (tertiary/aromatic N) is 3. The number of hydrogen-bond donors (Lipinski definition) is 2.